The molecule has 2 rings (SSSR count). The molecule has 0 saturated heterocycles. The van der Waals surface area contributed by atoms with Gasteiger partial charge in [-0.25, -0.2) is 0 Å². The van der Waals surface area contributed by atoms with Gasteiger partial charge in [0.05, 0.1) is 5.69 Å². The van der Waals surface area contributed by atoms with Crippen molar-refractivity contribution in [2.75, 3.05) is 25.2 Å². The van der Waals surface area contributed by atoms with Crippen molar-refractivity contribution >= 4 is 11.6 Å². The molecule has 1 aliphatic heterocycles. The lowest BCUT2D eigenvalue weighted by atomic mass is 10.0. The molecule has 0 fully saturated rings. The lowest BCUT2D eigenvalue weighted by molar-refractivity contribution is -0.120. The van der Waals surface area contributed by atoms with Crippen molar-refractivity contribution in [1.82, 2.24) is 0 Å². The second-order valence-corrected chi connectivity index (χ2v) is 4.44. The molecule has 98 valence electrons. The lowest BCUT2D eigenvalue weighted by Gasteiger charge is -2.27. The molecule has 1 aromatic rings. The highest BCUT2D eigenvalue weighted by Crippen LogP contribution is 2.33. The molecule has 1 aromatic carbocycles. The van der Waals surface area contributed by atoms with E-state index in [1.54, 1.807) is 11.9 Å². The number of amides is 1. The highest BCUT2D eigenvalue weighted by atomic mass is 16.5. The number of fused-ring (bicyclic) bond motifs is 1. The first-order valence-corrected chi connectivity index (χ1v) is 6.03. The van der Waals surface area contributed by atoms with Crippen molar-refractivity contribution in [3.63, 3.8) is 0 Å². The second-order valence-electron chi connectivity index (χ2n) is 4.44. The molecule has 5 heteroatoms. The maximum atomic E-state index is 11.5. The molecular formula is C13H18N2O3. The Morgan fingerprint density at radius 2 is 2.33 bits per heavy atom. The predicted molar refractivity (Wildman–Crippen MR) is 68.6 cm³/mol. The molecule has 0 bridgehead atoms. The van der Waals surface area contributed by atoms with Gasteiger partial charge in [-0.05, 0) is 30.5 Å². The van der Waals surface area contributed by atoms with Crippen LogP contribution in [0.2, 0.25) is 0 Å². The number of hydrogen-bond donors (Lipinski definition) is 2. The topological polar surface area (TPSA) is 75.8 Å². The molecule has 1 aliphatic rings. The molecule has 18 heavy (non-hydrogen) atoms. The molecule has 0 radical (unpaired) electrons. The fourth-order valence-corrected chi connectivity index (χ4v) is 2.00. The molecular weight excluding hydrogens is 232 g/mol. The third kappa shape index (κ3) is 2.47. The van der Waals surface area contributed by atoms with Crippen molar-refractivity contribution in [3.05, 3.63) is 23.8 Å². The van der Waals surface area contributed by atoms with E-state index >= 15 is 0 Å². The van der Waals surface area contributed by atoms with E-state index in [9.17, 15) is 4.79 Å². The standard InChI is InChI=1S/C13H18N2O3/c1-15-11-7-9(10(14)3-2-6-16)4-5-12(11)18-8-13(15)17/h4-5,7,10,16H,2-3,6,8,14H2,1H3. The van der Waals surface area contributed by atoms with E-state index in [-0.39, 0.29) is 25.2 Å². The first kappa shape index (κ1) is 12.9. The van der Waals surface area contributed by atoms with E-state index in [0.29, 0.717) is 18.6 Å². The highest BCUT2D eigenvalue weighted by molar-refractivity contribution is 5.97. The van der Waals surface area contributed by atoms with E-state index in [2.05, 4.69) is 0 Å². The first-order chi connectivity index (χ1) is 8.63. The summed E-state index contributed by atoms with van der Waals surface area (Å²) in [5.74, 6) is 0.638. The van der Waals surface area contributed by atoms with Gasteiger partial charge >= 0.3 is 0 Å². The van der Waals surface area contributed by atoms with Gasteiger partial charge in [0.2, 0.25) is 0 Å². The van der Waals surface area contributed by atoms with Crippen LogP contribution < -0.4 is 15.4 Å². The summed E-state index contributed by atoms with van der Waals surface area (Å²) in [5, 5.41) is 8.80. The van der Waals surface area contributed by atoms with Gasteiger partial charge in [-0.1, -0.05) is 6.07 Å². The number of carbonyl (C=O) groups is 1. The van der Waals surface area contributed by atoms with Crippen molar-refractivity contribution < 1.29 is 14.6 Å². The number of likely N-dealkylation sites (N-methyl/N-ethyl adjacent to an activating group) is 1. The molecule has 1 amide bonds. The number of rotatable bonds is 4. The van der Waals surface area contributed by atoms with Gasteiger partial charge in [0, 0.05) is 19.7 Å². The van der Waals surface area contributed by atoms with Gasteiger partial charge in [-0.15, -0.1) is 0 Å². The van der Waals surface area contributed by atoms with Crippen LogP contribution in [0.4, 0.5) is 5.69 Å². The predicted octanol–water partition coefficient (Wildman–Crippen LogP) is 0.814. The van der Waals surface area contributed by atoms with Gasteiger partial charge in [0.15, 0.2) is 6.61 Å². The Hall–Kier alpha value is -1.59. The number of aliphatic hydroxyl groups excluding tert-OH is 1. The van der Waals surface area contributed by atoms with Gasteiger partial charge in [-0.3, -0.25) is 4.79 Å². The summed E-state index contributed by atoms with van der Waals surface area (Å²) in [6.07, 6.45) is 1.39. The number of nitrogens with two attached hydrogens (primary N) is 1. The van der Waals surface area contributed by atoms with Crippen LogP contribution in [0.3, 0.4) is 0 Å². The van der Waals surface area contributed by atoms with Crippen LogP contribution in [0, 0.1) is 0 Å². The summed E-state index contributed by atoms with van der Waals surface area (Å²) in [6, 6.07) is 5.50. The minimum absolute atomic E-state index is 0.0661. The zero-order valence-electron chi connectivity index (χ0n) is 10.4. The number of nitrogens with zero attached hydrogens (tertiary/aromatic N) is 1. The molecule has 0 aromatic heterocycles. The summed E-state index contributed by atoms with van der Waals surface area (Å²) in [6.45, 7) is 0.222. The van der Waals surface area contributed by atoms with E-state index in [1.807, 2.05) is 18.2 Å². The van der Waals surface area contributed by atoms with E-state index < -0.39 is 0 Å². The molecule has 0 spiro atoms. The molecule has 0 aliphatic carbocycles. The van der Waals surface area contributed by atoms with Crippen molar-refractivity contribution in [3.8, 4) is 5.75 Å². The largest absolute Gasteiger partial charge is 0.482 e. The molecule has 1 unspecified atom stereocenters. The molecule has 5 nitrogen and oxygen atoms in total. The fraction of sp³-hybridized carbons (Fsp3) is 0.462. The zero-order chi connectivity index (χ0) is 13.1. The van der Waals surface area contributed by atoms with Crippen molar-refractivity contribution in [2.24, 2.45) is 5.73 Å². The Bertz CT molecular complexity index is 448. The van der Waals surface area contributed by atoms with Gasteiger partial charge < -0.3 is 20.5 Å². The van der Waals surface area contributed by atoms with Crippen LogP contribution in [0.1, 0.15) is 24.4 Å². The van der Waals surface area contributed by atoms with E-state index in [1.165, 1.54) is 0 Å². The Kier molecular flexibility index (Phi) is 3.84. The Morgan fingerprint density at radius 1 is 1.56 bits per heavy atom. The minimum Gasteiger partial charge on any atom is -0.482 e. The number of aliphatic hydroxyl groups is 1. The van der Waals surface area contributed by atoms with Crippen LogP contribution in [-0.4, -0.2) is 31.3 Å². The fourth-order valence-electron chi connectivity index (χ4n) is 2.00. The maximum Gasteiger partial charge on any atom is 0.264 e. The van der Waals surface area contributed by atoms with E-state index in [0.717, 1.165) is 11.3 Å². The van der Waals surface area contributed by atoms with Crippen molar-refractivity contribution in [2.45, 2.75) is 18.9 Å². The lowest BCUT2D eigenvalue weighted by Crippen LogP contribution is -2.35. The molecule has 0 saturated carbocycles. The Labute approximate surface area is 106 Å². The van der Waals surface area contributed by atoms with Crippen LogP contribution in [0.5, 0.6) is 5.75 Å². The van der Waals surface area contributed by atoms with Crippen molar-refractivity contribution in [1.29, 1.82) is 0 Å². The second kappa shape index (κ2) is 5.37. The Morgan fingerprint density at radius 3 is 3.06 bits per heavy atom. The summed E-state index contributed by atoms with van der Waals surface area (Å²) >= 11 is 0. The quantitative estimate of drug-likeness (QED) is 0.829. The van der Waals surface area contributed by atoms with Crippen LogP contribution in [-0.2, 0) is 4.79 Å². The normalized spacial score (nSPS) is 16.2. The van der Waals surface area contributed by atoms with Gasteiger partial charge in [0.25, 0.3) is 5.91 Å². The molecule has 3 N–H and O–H groups in total. The highest BCUT2D eigenvalue weighted by Gasteiger charge is 2.23. The third-order valence-electron chi connectivity index (χ3n) is 3.17. The SMILES string of the molecule is CN1C(=O)COc2ccc(C(N)CCCO)cc21. The number of ether oxygens (including phenoxy) is 1. The van der Waals surface area contributed by atoms with Gasteiger partial charge in [0.1, 0.15) is 5.75 Å². The smallest absolute Gasteiger partial charge is 0.264 e. The average molecular weight is 250 g/mol. The van der Waals surface area contributed by atoms with Gasteiger partial charge in [-0.2, -0.15) is 0 Å². The first-order valence-electron chi connectivity index (χ1n) is 6.03. The number of benzene rings is 1. The maximum absolute atomic E-state index is 11.5. The zero-order valence-corrected chi connectivity index (χ0v) is 10.4. The molecule has 1 atom stereocenters. The number of anilines is 1. The van der Waals surface area contributed by atoms with Crippen LogP contribution in [0.25, 0.3) is 0 Å². The van der Waals surface area contributed by atoms with Crippen LogP contribution in [0.15, 0.2) is 18.2 Å². The van der Waals surface area contributed by atoms with E-state index in [4.69, 9.17) is 15.6 Å². The average Bonchev–Trinajstić information content (AvgIpc) is 2.40. The Balaban J connectivity index is 2.23. The van der Waals surface area contributed by atoms with Crippen LogP contribution >= 0.6 is 0 Å². The summed E-state index contributed by atoms with van der Waals surface area (Å²) in [5.41, 5.74) is 7.74. The minimum atomic E-state index is -0.132. The monoisotopic (exact) mass is 250 g/mol. The summed E-state index contributed by atoms with van der Waals surface area (Å²) in [4.78, 5) is 13.1. The molecule has 1 heterocycles. The number of hydrogen-bond acceptors (Lipinski definition) is 4. The third-order valence-corrected chi connectivity index (χ3v) is 3.17. The number of carbonyl (C=O) groups excluding carboxylic acids is 1. The summed E-state index contributed by atoms with van der Waals surface area (Å²) < 4.78 is 5.35. The summed E-state index contributed by atoms with van der Waals surface area (Å²) in [7, 11) is 1.73.